The Bertz CT molecular complexity index is 763. The van der Waals surface area contributed by atoms with Gasteiger partial charge in [-0.3, -0.25) is 9.59 Å². The summed E-state index contributed by atoms with van der Waals surface area (Å²) in [5.41, 5.74) is 1.75. The van der Waals surface area contributed by atoms with Crippen molar-refractivity contribution in [3.05, 3.63) is 69.7 Å². The Morgan fingerprint density at radius 3 is 2.35 bits per heavy atom. The van der Waals surface area contributed by atoms with Gasteiger partial charge in [-0.15, -0.1) is 0 Å². The van der Waals surface area contributed by atoms with E-state index in [1.165, 1.54) is 0 Å². The van der Waals surface area contributed by atoms with Crippen LogP contribution in [0.15, 0.2) is 48.5 Å². The van der Waals surface area contributed by atoms with E-state index in [4.69, 9.17) is 23.2 Å². The molecule has 6 heteroatoms. The molecule has 0 aliphatic rings. The number of amides is 2. The Morgan fingerprint density at radius 2 is 1.73 bits per heavy atom. The van der Waals surface area contributed by atoms with Gasteiger partial charge in [0, 0.05) is 29.6 Å². The molecule has 0 fully saturated rings. The third-order valence-corrected chi connectivity index (χ3v) is 4.77. The number of benzene rings is 2. The predicted molar refractivity (Wildman–Crippen MR) is 105 cm³/mol. The summed E-state index contributed by atoms with van der Waals surface area (Å²) in [5.74, 6) is -0.305. The molecule has 26 heavy (non-hydrogen) atoms. The summed E-state index contributed by atoms with van der Waals surface area (Å²) < 4.78 is 0. The van der Waals surface area contributed by atoms with Gasteiger partial charge in [0.15, 0.2) is 0 Å². The molecule has 138 valence electrons. The Kier molecular flexibility index (Phi) is 7.49. The number of carbonyl (C=O) groups excluding carboxylic acids is 2. The van der Waals surface area contributed by atoms with Gasteiger partial charge in [0.1, 0.15) is 6.04 Å². The SMILES string of the molecule is CCC(=O)N(Cc1ccc(Cl)cc1)C(C)C(=O)NCc1ccccc1Cl. The standard InChI is InChI=1S/C20H22Cl2N2O2/c1-3-19(25)24(13-15-8-10-17(21)11-9-15)14(2)20(26)23-12-16-6-4-5-7-18(16)22/h4-11,14H,3,12-13H2,1-2H3,(H,23,26). The first-order valence-corrected chi connectivity index (χ1v) is 9.23. The highest BCUT2D eigenvalue weighted by Crippen LogP contribution is 2.16. The summed E-state index contributed by atoms with van der Waals surface area (Å²) >= 11 is 12.0. The third-order valence-electron chi connectivity index (χ3n) is 4.15. The summed E-state index contributed by atoms with van der Waals surface area (Å²) in [5, 5.41) is 4.09. The molecule has 1 unspecified atom stereocenters. The molecule has 1 N–H and O–H groups in total. The number of rotatable bonds is 7. The molecule has 2 amide bonds. The molecule has 0 bridgehead atoms. The van der Waals surface area contributed by atoms with Crippen molar-refractivity contribution in [2.75, 3.05) is 0 Å². The topological polar surface area (TPSA) is 49.4 Å². The van der Waals surface area contributed by atoms with E-state index in [9.17, 15) is 9.59 Å². The van der Waals surface area contributed by atoms with Crippen LogP contribution in [-0.2, 0) is 22.7 Å². The average molecular weight is 393 g/mol. The third kappa shape index (κ3) is 5.48. The zero-order chi connectivity index (χ0) is 19.1. The van der Waals surface area contributed by atoms with Gasteiger partial charge in [-0.25, -0.2) is 0 Å². The number of nitrogens with one attached hydrogen (secondary N) is 1. The van der Waals surface area contributed by atoms with Gasteiger partial charge in [0.25, 0.3) is 0 Å². The number of hydrogen-bond donors (Lipinski definition) is 1. The van der Waals surface area contributed by atoms with E-state index in [2.05, 4.69) is 5.32 Å². The maximum Gasteiger partial charge on any atom is 0.242 e. The smallest absolute Gasteiger partial charge is 0.242 e. The fourth-order valence-corrected chi connectivity index (χ4v) is 2.87. The highest BCUT2D eigenvalue weighted by molar-refractivity contribution is 6.31. The van der Waals surface area contributed by atoms with Crippen LogP contribution in [0.5, 0.6) is 0 Å². The van der Waals surface area contributed by atoms with Crippen molar-refractivity contribution in [2.45, 2.75) is 39.4 Å². The quantitative estimate of drug-likeness (QED) is 0.756. The Labute approximate surface area is 164 Å². The molecule has 0 heterocycles. The van der Waals surface area contributed by atoms with Gasteiger partial charge in [-0.2, -0.15) is 0 Å². The molecule has 0 aromatic heterocycles. The van der Waals surface area contributed by atoms with Crippen molar-refractivity contribution in [3.63, 3.8) is 0 Å². The average Bonchev–Trinajstić information content (AvgIpc) is 2.65. The molecule has 2 rings (SSSR count). The van der Waals surface area contributed by atoms with Crippen LogP contribution >= 0.6 is 23.2 Å². The maximum absolute atomic E-state index is 12.6. The highest BCUT2D eigenvalue weighted by Gasteiger charge is 2.25. The predicted octanol–water partition coefficient (Wildman–Crippen LogP) is 4.44. The lowest BCUT2D eigenvalue weighted by Gasteiger charge is -2.28. The minimum atomic E-state index is -0.597. The molecule has 1 atom stereocenters. The van der Waals surface area contributed by atoms with E-state index < -0.39 is 6.04 Å². The maximum atomic E-state index is 12.6. The monoisotopic (exact) mass is 392 g/mol. The number of halogens is 2. The molecule has 4 nitrogen and oxygen atoms in total. The first-order chi connectivity index (χ1) is 12.4. The number of carbonyl (C=O) groups is 2. The molecule has 2 aromatic carbocycles. The molecule has 0 saturated carbocycles. The summed E-state index contributed by atoms with van der Waals surface area (Å²) in [6.07, 6.45) is 0.329. The molecular weight excluding hydrogens is 371 g/mol. The molecule has 0 aliphatic carbocycles. The lowest BCUT2D eigenvalue weighted by Crippen LogP contribution is -2.47. The Balaban J connectivity index is 2.06. The Hall–Kier alpha value is -2.04. The van der Waals surface area contributed by atoms with Gasteiger partial charge in [-0.1, -0.05) is 60.5 Å². The van der Waals surface area contributed by atoms with Gasteiger partial charge >= 0.3 is 0 Å². The number of nitrogens with zero attached hydrogens (tertiary/aromatic N) is 1. The van der Waals surface area contributed by atoms with Gasteiger partial charge < -0.3 is 10.2 Å². The molecule has 0 aliphatic heterocycles. The fourth-order valence-electron chi connectivity index (χ4n) is 2.54. The number of hydrogen-bond acceptors (Lipinski definition) is 2. The van der Waals surface area contributed by atoms with E-state index in [1.54, 1.807) is 36.9 Å². The fraction of sp³-hybridized carbons (Fsp3) is 0.300. The molecule has 0 spiro atoms. The van der Waals surface area contributed by atoms with E-state index in [1.807, 2.05) is 30.3 Å². The van der Waals surface area contributed by atoms with Crippen LogP contribution in [0.4, 0.5) is 0 Å². The summed E-state index contributed by atoms with van der Waals surface area (Å²) in [6, 6.07) is 14.0. The normalized spacial score (nSPS) is 11.7. The zero-order valence-corrected chi connectivity index (χ0v) is 16.3. The highest BCUT2D eigenvalue weighted by atomic mass is 35.5. The second kappa shape index (κ2) is 9.60. The van der Waals surface area contributed by atoms with Crippen molar-refractivity contribution in [2.24, 2.45) is 0 Å². The minimum absolute atomic E-state index is 0.0830. The summed E-state index contributed by atoms with van der Waals surface area (Å²) in [4.78, 5) is 26.5. The van der Waals surface area contributed by atoms with Crippen LogP contribution in [0.1, 0.15) is 31.4 Å². The van der Waals surface area contributed by atoms with Crippen molar-refractivity contribution < 1.29 is 9.59 Å². The molecular formula is C20H22Cl2N2O2. The van der Waals surface area contributed by atoms with Crippen molar-refractivity contribution >= 4 is 35.0 Å². The Morgan fingerprint density at radius 1 is 1.08 bits per heavy atom. The van der Waals surface area contributed by atoms with Crippen LogP contribution in [-0.4, -0.2) is 22.8 Å². The minimum Gasteiger partial charge on any atom is -0.350 e. The van der Waals surface area contributed by atoms with Crippen molar-refractivity contribution in [1.82, 2.24) is 10.2 Å². The van der Waals surface area contributed by atoms with Gasteiger partial charge in [0.05, 0.1) is 0 Å². The largest absolute Gasteiger partial charge is 0.350 e. The van der Waals surface area contributed by atoms with E-state index in [0.29, 0.717) is 29.6 Å². The second-order valence-corrected chi connectivity index (χ2v) is 6.83. The lowest BCUT2D eigenvalue weighted by atomic mass is 10.1. The first-order valence-electron chi connectivity index (χ1n) is 8.47. The van der Waals surface area contributed by atoms with Crippen LogP contribution in [0.25, 0.3) is 0 Å². The molecule has 2 aromatic rings. The van der Waals surface area contributed by atoms with Crippen LogP contribution in [0.2, 0.25) is 10.0 Å². The van der Waals surface area contributed by atoms with E-state index >= 15 is 0 Å². The van der Waals surface area contributed by atoms with Crippen LogP contribution < -0.4 is 5.32 Å². The van der Waals surface area contributed by atoms with Gasteiger partial charge in [-0.05, 0) is 36.2 Å². The summed E-state index contributed by atoms with van der Waals surface area (Å²) in [6.45, 7) is 4.18. The van der Waals surface area contributed by atoms with Crippen molar-refractivity contribution in [1.29, 1.82) is 0 Å². The second-order valence-electron chi connectivity index (χ2n) is 5.99. The lowest BCUT2D eigenvalue weighted by molar-refractivity contribution is -0.140. The van der Waals surface area contributed by atoms with Crippen LogP contribution in [0.3, 0.4) is 0 Å². The zero-order valence-electron chi connectivity index (χ0n) is 14.8. The first kappa shape index (κ1) is 20.3. The van der Waals surface area contributed by atoms with Crippen LogP contribution in [0, 0.1) is 0 Å². The van der Waals surface area contributed by atoms with Gasteiger partial charge in [0.2, 0.25) is 11.8 Å². The molecule has 0 radical (unpaired) electrons. The summed E-state index contributed by atoms with van der Waals surface area (Å²) in [7, 11) is 0. The molecule has 0 saturated heterocycles. The van der Waals surface area contributed by atoms with Crippen molar-refractivity contribution in [3.8, 4) is 0 Å². The van der Waals surface area contributed by atoms with E-state index in [0.717, 1.165) is 11.1 Å². The van der Waals surface area contributed by atoms with E-state index in [-0.39, 0.29) is 11.8 Å².